The minimum atomic E-state index is -0.963. The molecule has 1 aliphatic heterocycles. The molecule has 3 amide bonds. The van der Waals surface area contributed by atoms with Crippen LogP contribution in [0.3, 0.4) is 0 Å². The molecule has 29 heavy (non-hydrogen) atoms. The van der Waals surface area contributed by atoms with Gasteiger partial charge in [0.05, 0.1) is 28.3 Å². The lowest BCUT2D eigenvalue weighted by atomic mass is 10.1. The molecule has 0 saturated heterocycles. The van der Waals surface area contributed by atoms with Gasteiger partial charge in [-0.05, 0) is 54.8 Å². The van der Waals surface area contributed by atoms with Crippen LogP contribution < -0.4 is 10.1 Å². The van der Waals surface area contributed by atoms with Gasteiger partial charge in [0.15, 0.2) is 0 Å². The summed E-state index contributed by atoms with van der Waals surface area (Å²) in [5, 5.41) is 3.12. The predicted octanol–water partition coefficient (Wildman–Crippen LogP) is 4.36. The van der Waals surface area contributed by atoms with E-state index < -0.39 is 23.8 Å². The number of hydrogen-bond acceptors (Lipinski definition) is 5. The molecule has 152 valence electrons. The lowest BCUT2D eigenvalue weighted by Crippen LogP contribution is -2.47. The molecule has 1 aliphatic rings. The highest BCUT2D eigenvalue weighted by Crippen LogP contribution is 2.33. The molecule has 0 radical (unpaired) electrons. The zero-order chi connectivity index (χ0) is 21.1. The van der Waals surface area contributed by atoms with Gasteiger partial charge < -0.3 is 10.1 Å². The van der Waals surface area contributed by atoms with Gasteiger partial charge in [0.2, 0.25) is 5.91 Å². The van der Waals surface area contributed by atoms with Crippen molar-refractivity contribution < 1.29 is 19.1 Å². The summed E-state index contributed by atoms with van der Waals surface area (Å²) >= 11 is 13.5. The first kappa shape index (κ1) is 21.5. The van der Waals surface area contributed by atoms with E-state index in [1.54, 1.807) is 31.4 Å². The molecule has 0 bridgehead atoms. The molecular weight excluding hydrogens is 435 g/mol. The van der Waals surface area contributed by atoms with Crippen LogP contribution in [0.1, 0.15) is 27.1 Å². The molecule has 0 aliphatic carbocycles. The number of thioether (sulfide) groups is 1. The predicted molar refractivity (Wildman–Crippen MR) is 115 cm³/mol. The van der Waals surface area contributed by atoms with Gasteiger partial charge in [0, 0.05) is 5.69 Å². The molecule has 1 heterocycles. The van der Waals surface area contributed by atoms with Gasteiger partial charge in [0.1, 0.15) is 11.8 Å². The van der Waals surface area contributed by atoms with E-state index in [0.717, 1.165) is 4.90 Å². The minimum Gasteiger partial charge on any atom is -0.497 e. The number of carbonyl (C=O) groups is 3. The van der Waals surface area contributed by atoms with Gasteiger partial charge in [0.25, 0.3) is 11.8 Å². The van der Waals surface area contributed by atoms with E-state index in [2.05, 4.69) is 5.32 Å². The second-order valence-corrected chi connectivity index (χ2v) is 8.11. The van der Waals surface area contributed by atoms with Gasteiger partial charge >= 0.3 is 0 Å². The van der Waals surface area contributed by atoms with Crippen LogP contribution in [0.4, 0.5) is 5.69 Å². The summed E-state index contributed by atoms with van der Waals surface area (Å²) in [5.74, 6) is -0.318. The highest BCUT2D eigenvalue weighted by molar-refractivity contribution is 7.98. The first-order valence-electron chi connectivity index (χ1n) is 8.68. The Labute approximate surface area is 182 Å². The summed E-state index contributed by atoms with van der Waals surface area (Å²) in [5.41, 5.74) is 0.833. The second kappa shape index (κ2) is 9.07. The molecule has 3 rings (SSSR count). The van der Waals surface area contributed by atoms with Gasteiger partial charge in [-0.15, -0.1) is 0 Å². The quantitative estimate of drug-likeness (QED) is 0.631. The van der Waals surface area contributed by atoms with E-state index in [1.165, 1.54) is 23.9 Å². The number of benzene rings is 2. The van der Waals surface area contributed by atoms with Gasteiger partial charge in [-0.3, -0.25) is 19.3 Å². The fourth-order valence-corrected chi connectivity index (χ4v) is 3.83. The lowest BCUT2D eigenvalue weighted by molar-refractivity contribution is -0.120. The van der Waals surface area contributed by atoms with Gasteiger partial charge in [-0.2, -0.15) is 11.8 Å². The number of halogens is 2. The number of methoxy groups -OCH3 is 1. The number of hydrogen-bond donors (Lipinski definition) is 1. The molecule has 6 nitrogen and oxygen atoms in total. The van der Waals surface area contributed by atoms with Crippen LogP contribution in [0.25, 0.3) is 0 Å². The average Bonchev–Trinajstić information content (AvgIpc) is 2.94. The molecule has 0 aromatic heterocycles. The highest BCUT2D eigenvalue weighted by atomic mass is 35.5. The molecule has 0 unspecified atom stereocenters. The molecule has 1 N–H and O–H groups in total. The molecule has 9 heteroatoms. The van der Waals surface area contributed by atoms with Crippen molar-refractivity contribution in [2.45, 2.75) is 12.5 Å². The van der Waals surface area contributed by atoms with E-state index in [1.807, 2.05) is 6.26 Å². The fraction of sp³-hybridized carbons (Fsp3) is 0.250. The van der Waals surface area contributed by atoms with Crippen LogP contribution in [0.5, 0.6) is 5.75 Å². The van der Waals surface area contributed by atoms with Crippen molar-refractivity contribution in [1.29, 1.82) is 0 Å². The Morgan fingerprint density at radius 3 is 2.14 bits per heavy atom. The second-order valence-electron chi connectivity index (χ2n) is 6.31. The molecule has 2 aromatic rings. The summed E-state index contributed by atoms with van der Waals surface area (Å²) in [4.78, 5) is 39.8. The fourth-order valence-electron chi connectivity index (χ4n) is 3.04. The van der Waals surface area contributed by atoms with E-state index in [0.29, 0.717) is 23.6 Å². The third kappa shape index (κ3) is 4.37. The normalized spacial score (nSPS) is 14.0. The van der Waals surface area contributed by atoms with Gasteiger partial charge in [-0.1, -0.05) is 23.2 Å². The lowest BCUT2D eigenvalue weighted by Gasteiger charge is -2.25. The van der Waals surface area contributed by atoms with Crippen molar-refractivity contribution in [3.8, 4) is 5.75 Å². The van der Waals surface area contributed by atoms with Crippen molar-refractivity contribution in [3.63, 3.8) is 0 Å². The first-order chi connectivity index (χ1) is 13.9. The highest BCUT2D eigenvalue weighted by Gasteiger charge is 2.43. The maximum atomic E-state index is 13.0. The number of rotatable bonds is 7. The number of imide groups is 1. The van der Waals surface area contributed by atoms with E-state index in [9.17, 15) is 14.4 Å². The molecular formula is C20H18Cl2N2O4S. The van der Waals surface area contributed by atoms with Crippen LogP contribution in [-0.2, 0) is 4.79 Å². The largest absolute Gasteiger partial charge is 0.497 e. The summed E-state index contributed by atoms with van der Waals surface area (Å²) in [7, 11) is 1.55. The maximum Gasteiger partial charge on any atom is 0.262 e. The number of amides is 3. The molecule has 0 saturated carbocycles. The monoisotopic (exact) mass is 452 g/mol. The summed E-state index contributed by atoms with van der Waals surface area (Å²) in [6, 6.07) is 8.55. The molecule has 2 aromatic carbocycles. The summed E-state index contributed by atoms with van der Waals surface area (Å²) in [6.45, 7) is 0. The number of ether oxygens (including phenoxy) is 1. The minimum absolute atomic E-state index is 0.149. The van der Waals surface area contributed by atoms with E-state index >= 15 is 0 Å². The Hall–Kier alpha value is -2.22. The Morgan fingerprint density at radius 2 is 1.66 bits per heavy atom. The van der Waals surface area contributed by atoms with Crippen molar-refractivity contribution in [1.82, 2.24) is 4.90 Å². The number of nitrogens with one attached hydrogen (secondary N) is 1. The summed E-state index contributed by atoms with van der Waals surface area (Å²) < 4.78 is 5.10. The first-order valence-corrected chi connectivity index (χ1v) is 10.8. The maximum absolute atomic E-state index is 13.0. The Morgan fingerprint density at radius 1 is 1.10 bits per heavy atom. The number of carbonyl (C=O) groups excluding carboxylic acids is 3. The van der Waals surface area contributed by atoms with E-state index in [4.69, 9.17) is 27.9 Å². The number of fused-ring (bicyclic) bond motifs is 1. The Balaban J connectivity index is 1.88. The van der Waals surface area contributed by atoms with Crippen LogP contribution >= 0.6 is 35.0 Å². The third-order valence-corrected chi connectivity index (χ3v) is 5.89. The average molecular weight is 453 g/mol. The third-order valence-electron chi connectivity index (χ3n) is 4.53. The number of nitrogens with zero attached hydrogens (tertiary/aromatic N) is 1. The van der Waals surface area contributed by atoms with Crippen molar-refractivity contribution >= 4 is 58.4 Å². The van der Waals surface area contributed by atoms with Crippen LogP contribution in [0.2, 0.25) is 10.0 Å². The zero-order valence-corrected chi connectivity index (χ0v) is 18.0. The van der Waals surface area contributed by atoms with E-state index in [-0.39, 0.29) is 21.2 Å². The van der Waals surface area contributed by atoms with Crippen LogP contribution in [0.15, 0.2) is 36.4 Å². The smallest absolute Gasteiger partial charge is 0.262 e. The van der Waals surface area contributed by atoms with Crippen molar-refractivity contribution in [2.75, 3.05) is 24.4 Å². The van der Waals surface area contributed by atoms with Crippen LogP contribution in [-0.4, -0.2) is 47.8 Å². The van der Waals surface area contributed by atoms with Crippen LogP contribution in [0, 0.1) is 0 Å². The molecule has 1 atom stereocenters. The van der Waals surface area contributed by atoms with Crippen molar-refractivity contribution in [3.05, 3.63) is 57.6 Å². The topological polar surface area (TPSA) is 75.7 Å². The van der Waals surface area contributed by atoms with Gasteiger partial charge in [-0.25, -0.2) is 0 Å². The standard InChI is InChI=1S/C20H18Cl2N2O4S/c1-28-12-5-3-11(4-6-12)23-18(25)17(7-8-29-2)24-19(26)13-9-15(21)16(22)10-14(13)20(24)27/h3-6,9-10,17H,7-8H2,1-2H3,(H,23,25)/t17-/m1/s1. The molecule has 0 spiro atoms. The Kier molecular flexibility index (Phi) is 6.72. The number of anilines is 1. The summed E-state index contributed by atoms with van der Waals surface area (Å²) in [6.07, 6.45) is 2.20. The Bertz CT molecular complexity index is 925. The van der Waals surface area contributed by atoms with Crippen molar-refractivity contribution in [2.24, 2.45) is 0 Å². The zero-order valence-electron chi connectivity index (χ0n) is 15.7. The SMILES string of the molecule is COc1ccc(NC(=O)[C@@H](CCSC)N2C(=O)c3cc(Cl)c(Cl)cc3C2=O)cc1. The molecule has 0 fully saturated rings.